The highest BCUT2D eigenvalue weighted by Gasteiger charge is 2.33. The highest BCUT2D eigenvalue weighted by Crippen LogP contribution is 2.27. The maximum absolute atomic E-state index is 12.6. The number of hydrogen-bond acceptors (Lipinski definition) is 1. The fourth-order valence-electron chi connectivity index (χ4n) is 2.05. The van der Waals surface area contributed by atoms with Crippen molar-refractivity contribution in [3.63, 3.8) is 0 Å². The van der Waals surface area contributed by atoms with Crippen LogP contribution in [0.3, 0.4) is 0 Å². The molecular formula is C14H9F3N2O. The van der Waals surface area contributed by atoms with Gasteiger partial charge < -0.3 is 0 Å². The summed E-state index contributed by atoms with van der Waals surface area (Å²) in [6, 6.07) is 13.0. The molecule has 0 aliphatic rings. The Morgan fingerprint density at radius 1 is 0.950 bits per heavy atom. The van der Waals surface area contributed by atoms with Crippen molar-refractivity contribution < 1.29 is 13.2 Å². The van der Waals surface area contributed by atoms with Gasteiger partial charge in [-0.3, -0.25) is 9.89 Å². The van der Waals surface area contributed by atoms with Gasteiger partial charge in [-0.15, -0.1) is 0 Å². The molecule has 0 aliphatic carbocycles. The quantitative estimate of drug-likeness (QED) is 0.728. The Morgan fingerprint density at radius 3 is 2.30 bits per heavy atom. The van der Waals surface area contributed by atoms with E-state index in [0.29, 0.717) is 11.8 Å². The van der Waals surface area contributed by atoms with Gasteiger partial charge in [-0.25, -0.2) is 4.68 Å². The standard InChI is InChI=1S/C14H9F3N2O/c15-14(16,17)12-8-13(20)19(18-12)11-6-5-9-3-1-2-4-10(9)7-11/h1-8,18H. The van der Waals surface area contributed by atoms with Crippen LogP contribution in [0.1, 0.15) is 5.69 Å². The zero-order valence-corrected chi connectivity index (χ0v) is 10.1. The number of benzene rings is 2. The first-order chi connectivity index (χ1) is 9.45. The maximum Gasteiger partial charge on any atom is 0.432 e. The number of nitrogens with one attached hydrogen (secondary N) is 1. The van der Waals surface area contributed by atoms with Crippen molar-refractivity contribution in [2.75, 3.05) is 0 Å². The number of aromatic nitrogens is 2. The SMILES string of the molecule is O=c1cc(C(F)(F)F)[nH]n1-c1ccc2ccccc2c1. The van der Waals surface area contributed by atoms with Crippen LogP contribution >= 0.6 is 0 Å². The number of aromatic amines is 1. The fraction of sp³-hybridized carbons (Fsp3) is 0.0714. The summed E-state index contributed by atoms with van der Waals surface area (Å²) in [6.45, 7) is 0. The monoisotopic (exact) mass is 278 g/mol. The second-order valence-corrected chi connectivity index (χ2v) is 4.37. The summed E-state index contributed by atoms with van der Waals surface area (Å²) < 4.78 is 38.6. The topological polar surface area (TPSA) is 37.8 Å². The van der Waals surface area contributed by atoms with Gasteiger partial charge in [-0.1, -0.05) is 30.3 Å². The number of alkyl halides is 3. The molecule has 0 spiro atoms. The third kappa shape index (κ3) is 2.09. The van der Waals surface area contributed by atoms with E-state index in [-0.39, 0.29) is 0 Å². The molecule has 1 aromatic heterocycles. The summed E-state index contributed by atoms with van der Waals surface area (Å²) in [5.41, 5.74) is -1.44. The Kier molecular flexibility index (Phi) is 2.67. The Bertz CT molecular complexity index is 830. The van der Waals surface area contributed by atoms with Gasteiger partial charge in [0.1, 0.15) is 5.69 Å². The Morgan fingerprint density at radius 2 is 1.65 bits per heavy atom. The second-order valence-electron chi connectivity index (χ2n) is 4.37. The van der Waals surface area contributed by atoms with E-state index in [2.05, 4.69) is 5.10 Å². The molecule has 2 aromatic carbocycles. The van der Waals surface area contributed by atoms with Crippen molar-refractivity contribution in [3.05, 3.63) is 64.6 Å². The molecule has 3 nitrogen and oxygen atoms in total. The molecule has 0 radical (unpaired) electrons. The largest absolute Gasteiger partial charge is 0.432 e. The Balaban J connectivity index is 2.16. The van der Waals surface area contributed by atoms with Gasteiger partial charge >= 0.3 is 6.18 Å². The van der Waals surface area contributed by atoms with Crippen LogP contribution in [0.2, 0.25) is 0 Å². The molecule has 20 heavy (non-hydrogen) atoms. The van der Waals surface area contributed by atoms with Crippen molar-refractivity contribution in [2.45, 2.75) is 6.18 Å². The third-order valence-corrected chi connectivity index (χ3v) is 3.02. The average Bonchev–Trinajstić information content (AvgIpc) is 2.80. The maximum atomic E-state index is 12.6. The minimum absolute atomic E-state index is 0.365. The molecule has 0 atom stereocenters. The van der Waals surface area contributed by atoms with Gasteiger partial charge in [0, 0.05) is 6.07 Å². The second kappa shape index (κ2) is 4.26. The molecule has 1 heterocycles. The number of hydrogen-bond donors (Lipinski definition) is 1. The Hall–Kier alpha value is -2.50. The molecule has 6 heteroatoms. The summed E-state index contributed by atoms with van der Waals surface area (Å²) in [5, 5.41) is 3.88. The predicted molar refractivity (Wildman–Crippen MR) is 68.9 cm³/mol. The van der Waals surface area contributed by atoms with Gasteiger partial charge in [-0.2, -0.15) is 13.2 Å². The van der Waals surface area contributed by atoms with E-state index in [1.165, 1.54) is 0 Å². The van der Waals surface area contributed by atoms with Crippen molar-refractivity contribution >= 4 is 10.8 Å². The average molecular weight is 278 g/mol. The van der Waals surface area contributed by atoms with Crippen LogP contribution in [0.5, 0.6) is 0 Å². The molecule has 3 aromatic rings. The number of fused-ring (bicyclic) bond motifs is 1. The molecule has 102 valence electrons. The van der Waals surface area contributed by atoms with Gasteiger partial charge in [0.15, 0.2) is 0 Å². The number of H-pyrrole nitrogens is 1. The van der Waals surface area contributed by atoms with Crippen LogP contribution in [0.4, 0.5) is 13.2 Å². The van der Waals surface area contributed by atoms with Crippen LogP contribution in [-0.2, 0) is 6.18 Å². The summed E-state index contributed by atoms with van der Waals surface area (Å²) in [7, 11) is 0. The van der Waals surface area contributed by atoms with E-state index >= 15 is 0 Å². The van der Waals surface area contributed by atoms with E-state index in [1.54, 1.807) is 18.2 Å². The van der Waals surface area contributed by atoms with Gasteiger partial charge in [0.25, 0.3) is 5.56 Å². The van der Waals surface area contributed by atoms with Crippen molar-refractivity contribution in [1.82, 2.24) is 9.78 Å². The highest BCUT2D eigenvalue weighted by atomic mass is 19.4. The first-order valence-corrected chi connectivity index (χ1v) is 5.83. The van der Waals surface area contributed by atoms with Crippen LogP contribution in [0.15, 0.2) is 53.3 Å². The number of halogens is 3. The number of nitrogens with zero attached hydrogens (tertiary/aromatic N) is 1. The van der Waals surface area contributed by atoms with Crippen molar-refractivity contribution in [3.8, 4) is 5.69 Å². The third-order valence-electron chi connectivity index (χ3n) is 3.02. The first-order valence-electron chi connectivity index (χ1n) is 5.83. The van der Waals surface area contributed by atoms with Crippen LogP contribution < -0.4 is 5.56 Å². The predicted octanol–water partition coefficient (Wildman–Crippen LogP) is 3.34. The molecular weight excluding hydrogens is 269 g/mol. The van der Waals surface area contributed by atoms with Crippen LogP contribution in [0, 0.1) is 0 Å². The molecule has 0 fully saturated rings. The summed E-state index contributed by atoms with van der Waals surface area (Å²) in [6.07, 6.45) is -4.57. The van der Waals surface area contributed by atoms with Gasteiger partial charge in [0.2, 0.25) is 0 Å². The van der Waals surface area contributed by atoms with E-state index in [4.69, 9.17) is 0 Å². The van der Waals surface area contributed by atoms with Crippen LogP contribution in [-0.4, -0.2) is 9.78 Å². The fourth-order valence-corrected chi connectivity index (χ4v) is 2.05. The van der Waals surface area contributed by atoms with E-state index in [0.717, 1.165) is 15.5 Å². The number of rotatable bonds is 1. The lowest BCUT2D eigenvalue weighted by molar-refractivity contribution is -0.141. The zero-order valence-electron chi connectivity index (χ0n) is 10.1. The molecule has 0 bridgehead atoms. The lowest BCUT2D eigenvalue weighted by atomic mass is 10.1. The van der Waals surface area contributed by atoms with Crippen molar-refractivity contribution in [2.24, 2.45) is 0 Å². The molecule has 1 N–H and O–H groups in total. The lowest BCUT2D eigenvalue weighted by Gasteiger charge is -2.05. The van der Waals surface area contributed by atoms with Crippen molar-refractivity contribution in [1.29, 1.82) is 0 Å². The first kappa shape index (κ1) is 12.5. The minimum atomic E-state index is -4.57. The summed E-state index contributed by atoms with van der Waals surface area (Å²) >= 11 is 0. The molecule has 0 aliphatic heterocycles. The Labute approximate surface area is 111 Å². The smallest absolute Gasteiger partial charge is 0.286 e. The molecule has 0 saturated carbocycles. The molecule has 0 saturated heterocycles. The summed E-state index contributed by atoms with van der Waals surface area (Å²) in [5.74, 6) is 0. The van der Waals surface area contributed by atoms with Gasteiger partial charge in [0.05, 0.1) is 5.69 Å². The highest BCUT2D eigenvalue weighted by molar-refractivity contribution is 5.84. The van der Waals surface area contributed by atoms with E-state index < -0.39 is 17.4 Å². The molecule has 0 amide bonds. The van der Waals surface area contributed by atoms with E-state index in [1.807, 2.05) is 24.3 Å². The minimum Gasteiger partial charge on any atom is -0.286 e. The normalized spacial score (nSPS) is 11.9. The van der Waals surface area contributed by atoms with E-state index in [9.17, 15) is 18.0 Å². The lowest BCUT2D eigenvalue weighted by Crippen LogP contribution is -2.13. The van der Waals surface area contributed by atoms with Crippen LogP contribution in [0.25, 0.3) is 16.5 Å². The summed E-state index contributed by atoms with van der Waals surface area (Å²) in [4.78, 5) is 11.7. The molecule has 0 unspecified atom stereocenters. The molecule has 3 rings (SSSR count). The zero-order chi connectivity index (χ0) is 14.3. The van der Waals surface area contributed by atoms with Gasteiger partial charge in [-0.05, 0) is 22.9 Å².